The molecule has 8 N–H and O–H groups in total. The molecule has 1 atom stereocenters. The Balaban J connectivity index is 1.86. The first-order chi connectivity index (χ1) is 15.2. The number of aromatic nitrogens is 4. The standard InChI is InChI=1S/C20H25N9O3/c1-11(2)10-14(16(21)30)25-20-26-18(15(17(22)31)19(32)27-20)24-12-4-6-13(7-5-12)28-29-9-3-8-23-29/h3-9,11,14,28H,10H2,1-2H3,(H2,21,30)(H2,22,31)(H3,24,25,26,27,32)/t14-/m1/s1. The summed E-state index contributed by atoms with van der Waals surface area (Å²) in [5.41, 5.74) is 14.1. The molecule has 2 aromatic heterocycles. The molecule has 0 saturated heterocycles. The molecule has 3 aromatic rings. The van der Waals surface area contributed by atoms with E-state index in [2.05, 4.69) is 31.1 Å². The maximum Gasteiger partial charge on any atom is 0.267 e. The summed E-state index contributed by atoms with van der Waals surface area (Å²) < 4.78 is 0. The van der Waals surface area contributed by atoms with Crippen molar-refractivity contribution in [3.05, 3.63) is 58.6 Å². The van der Waals surface area contributed by atoms with Gasteiger partial charge in [-0.15, -0.1) is 0 Å². The largest absolute Gasteiger partial charge is 0.368 e. The van der Waals surface area contributed by atoms with Gasteiger partial charge in [0.25, 0.3) is 11.5 Å². The smallest absolute Gasteiger partial charge is 0.267 e. The molecule has 0 saturated carbocycles. The fourth-order valence-corrected chi connectivity index (χ4v) is 2.98. The summed E-state index contributed by atoms with van der Waals surface area (Å²) in [5.74, 6) is -1.43. The van der Waals surface area contributed by atoms with Crippen LogP contribution in [0.4, 0.5) is 23.1 Å². The van der Waals surface area contributed by atoms with E-state index in [-0.39, 0.29) is 23.2 Å². The lowest BCUT2D eigenvalue weighted by Crippen LogP contribution is -2.38. The first-order valence-electron chi connectivity index (χ1n) is 9.86. The number of carbonyl (C=O) groups is 2. The molecule has 0 aliphatic rings. The monoisotopic (exact) mass is 439 g/mol. The molecule has 0 bridgehead atoms. The third kappa shape index (κ3) is 5.62. The molecular weight excluding hydrogens is 414 g/mol. The van der Waals surface area contributed by atoms with Gasteiger partial charge in [0, 0.05) is 11.9 Å². The van der Waals surface area contributed by atoms with E-state index in [1.54, 1.807) is 42.7 Å². The van der Waals surface area contributed by atoms with Crippen LogP contribution in [0, 0.1) is 5.92 Å². The van der Waals surface area contributed by atoms with Gasteiger partial charge >= 0.3 is 0 Å². The Bertz CT molecular complexity index is 1140. The number of rotatable bonds is 10. The van der Waals surface area contributed by atoms with E-state index in [0.717, 1.165) is 5.69 Å². The number of aromatic amines is 1. The molecule has 32 heavy (non-hydrogen) atoms. The summed E-state index contributed by atoms with van der Waals surface area (Å²) in [6.45, 7) is 3.86. The number of carbonyl (C=O) groups excluding carboxylic acids is 2. The van der Waals surface area contributed by atoms with Crippen LogP contribution in [-0.2, 0) is 4.79 Å². The van der Waals surface area contributed by atoms with Gasteiger partial charge in [-0.25, -0.2) is 0 Å². The zero-order valence-electron chi connectivity index (χ0n) is 17.6. The zero-order chi connectivity index (χ0) is 23.3. The van der Waals surface area contributed by atoms with Crippen molar-refractivity contribution >= 4 is 35.0 Å². The Morgan fingerprint density at radius 1 is 1.16 bits per heavy atom. The number of anilines is 4. The summed E-state index contributed by atoms with van der Waals surface area (Å²) >= 11 is 0. The maximum atomic E-state index is 12.5. The SMILES string of the molecule is CC(C)C[C@@H](Nc1nc(Nc2ccc(Nn3cccn3)cc2)c(C(N)=O)c(=O)[nH]1)C(N)=O. The van der Waals surface area contributed by atoms with Crippen molar-refractivity contribution in [3.63, 3.8) is 0 Å². The van der Waals surface area contributed by atoms with Crippen molar-refractivity contribution in [2.24, 2.45) is 17.4 Å². The summed E-state index contributed by atoms with van der Waals surface area (Å²) in [4.78, 5) is 44.3. The molecule has 0 fully saturated rings. The highest BCUT2D eigenvalue weighted by Gasteiger charge is 2.21. The van der Waals surface area contributed by atoms with E-state index in [4.69, 9.17) is 11.5 Å². The van der Waals surface area contributed by atoms with Crippen LogP contribution in [0.25, 0.3) is 0 Å². The second-order valence-electron chi connectivity index (χ2n) is 7.50. The molecule has 168 valence electrons. The van der Waals surface area contributed by atoms with Gasteiger partial charge in [-0.05, 0) is 42.7 Å². The number of nitrogens with zero attached hydrogens (tertiary/aromatic N) is 3. The van der Waals surface area contributed by atoms with E-state index in [1.165, 1.54) is 4.79 Å². The maximum absolute atomic E-state index is 12.5. The van der Waals surface area contributed by atoms with Crippen molar-refractivity contribution in [2.75, 3.05) is 16.1 Å². The Morgan fingerprint density at radius 2 is 1.84 bits per heavy atom. The highest BCUT2D eigenvalue weighted by atomic mass is 16.2. The van der Waals surface area contributed by atoms with Gasteiger partial charge < -0.3 is 22.1 Å². The molecule has 0 unspecified atom stereocenters. The number of primary amides is 2. The molecule has 12 nitrogen and oxygen atoms in total. The molecule has 0 radical (unpaired) electrons. The van der Waals surface area contributed by atoms with Crippen LogP contribution in [0.5, 0.6) is 0 Å². The number of amides is 2. The topological polar surface area (TPSA) is 186 Å². The van der Waals surface area contributed by atoms with Crippen molar-refractivity contribution in [3.8, 4) is 0 Å². The average molecular weight is 439 g/mol. The minimum Gasteiger partial charge on any atom is -0.368 e. The summed E-state index contributed by atoms with van der Waals surface area (Å²) in [7, 11) is 0. The van der Waals surface area contributed by atoms with Gasteiger partial charge in [-0.2, -0.15) is 14.9 Å². The van der Waals surface area contributed by atoms with Gasteiger partial charge in [0.2, 0.25) is 11.9 Å². The Hall–Kier alpha value is -4.35. The van der Waals surface area contributed by atoms with Crippen LogP contribution >= 0.6 is 0 Å². The predicted octanol–water partition coefficient (Wildman–Crippen LogP) is 0.996. The minimum absolute atomic E-state index is 0.0103. The summed E-state index contributed by atoms with van der Waals surface area (Å²) in [6.07, 6.45) is 3.82. The highest BCUT2D eigenvalue weighted by Crippen LogP contribution is 2.20. The molecule has 12 heteroatoms. The van der Waals surface area contributed by atoms with Crippen LogP contribution in [0.3, 0.4) is 0 Å². The van der Waals surface area contributed by atoms with Crippen LogP contribution in [0.15, 0.2) is 47.5 Å². The van der Waals surface area contributed by atoms with E-state index >= 15 is 0 Å². The second-order valence-corrected chi connectivity index (χ2v) is 7.50. The Morgan fingerprint density at radius 3 is 2.41 bits per heavy atom. The molecule has 2 amide bonds. The number of nitrogens with two attached hydrogens (primary N) is 2. The fraction of sp³-hybridized carbons (Fsp3) is 0.250. The number of H-pyrrole nitrogens is 1. The molecule has 0 aliphatic carbocycles. The fourth-order valence-electron chi connectivity index (χ4n) is 2.98. The normalized spacial score (nSPS) is 11.7. The summed E-state index contributed by atoms with van der Waals surface area (Å²) in [6, 6.07) is 8.01. The molecule has 0 aliphatic heterocycles. The van der Waals surface area contributed by atoms with Crippen LogP contribution in [0.1, 0.15) is 30.6 Å². The van der Waals surface area contributed by atoms with Gasteiger partial charge in [0.15, 0.2) is 5.82 Å². The molecule has 1 aromatic carbocycles. The first-order valence-corrected chi connectivity index (χ1v) is 9.86. The lowest BCUT2D eigenvalue weighted by atomic mass is 10.0. The van der Waals surface area contributed by atoms with E-state index in [9.17, 15) is 14.4 Å². The number of nitrogens with one attached hydrogen (secondary N) is 4. The van der Waals surface area contributed by atoms with Gasteiger partial charge in [0.1, 0.15) is 11.6 Å². The minimum atomic E-state index is -0.946. The van der Waals surface area contributed by atoms with Gasteiger partial charge in [-0.1, -0.05) is 13.8 Å². The third-order valence-corrected chi connectivity index (χ3v) is 4.42. The number of hydrogen-bond acceptors (Lipinski definition) is 8. The van der Waals surface area contributed by atoms with Gasteiger partial charge in [0.05, 0.1) is 11.9 Å². The van der Waals surface area contributed by atoms with E-state index < -0.39 is 23.4 Å². The lowest BCUT2D eigenvalue weighted by molar-refractivity contribution is -0.119. The molecular formula is C20H25N9O3. The van der Waals surface area contributed by atoms with E-state index in [1.807, 2.05) is 13.8 Å². The molecule has 2 heterocycles. The van der Waals surface area contributed by atoms with Crippen LogP contribution < -0.4 is 33.1 Å². The average Bonchev–Trinajstić information content (AvgIpc) is 3.21. The third-order valence-electron chi connectivity index (χ3n) is 4.42. The lowest BCUT2D eigenvalue weighted by Gasteiger charge is -2.18. The number of hydrogen-bond donors (Lipinski definition) is 6. The molecule has 0 spiro atoms. The summed E-state index contributed by atoms with van der Waals surface area (Å²) in [5, 5.41) is 9.81. The highest BCUT2D eigenvalue weighted by molar-refractivity contribution is 5.98. The molecule has 3 rings (SSSR count). The van der Waals surface area contributed by atoms with Crippen molar-refractivity contribution in [1.29, 1.82) is 0 Å². The van der Waals surface area contributed by atoms with E-state index in [0.29, 0.717) is 12.1 Å². The van der Waals surface area contributed by atoms with Crippen molar-refractivity contribution < 1.29 is 9.59 Å². The van der Waals surface area contributed by atoms with Crippen molar-refractivity contribution in [1.82, 2.24) is 19.9 Å². The quantitative estimate of drug-likeness (QED) is 0.270. The number of benzene rings is 1. The van der Waals surface area contributed by atoms with Crippen LogP contribution in [-0.4, -0.2) is 37.7 Å². The van der Waals surface area contributed by atoms with Crippen molar-refractivity contribution in [2.45, 2.75) is 26.3 Å². The zero-order valence-corrected chi connectivity index (χ0v) is 17.6. The predicted molar refractivity (Wildman–Crippen MR) is 120 cm³/mol. The van der Waals surface area contributed by atoms with Crippen LogP contribution in [0.2, 0.25) is 0 Å². The second kappa shape index (κ2) is 9.64. The Labute approximate surface area is 183 Å². The first kappa shape index (κ1) is 22.3. The van der Waals surface area contributed by atoms with Gasteiger partial charge in [-0.3, -0.25) is 24.8 Å². The Kier molecular flexibility index (Phi) is 6.73.